The van der Waals surface area contributed by atoms with E-state index in [0.717, 1.165) is 10.4 Å². The molecule has 0 aliphatic carbocycles. The van der Waals surface area contributed by atoms with Crippen LogP contribution < -0.4 is 5.32 Å². The third-order valence-corrected chi connectivity index (χ3v) is 3.75. The molecule has 2 aromatic heterocycles. The molecule has 0 radical (unpaired) electrons. The molecular weight excluding hydrogens is 262 g/mol. The predicted molar refractivity (Wildman–Crippen MR) is 74.6 cm³/mol. The highest BCUT2D eigenvalue weighted by molar-refractivity contribution is 7.10. The summed E-state index contributed by atoms with van der Waals surface area (Å²) >= 11 is 1.46. The predicted octanol–water partition coefficient (Wildman–Crippen LogP) is 2.38. The number of furan rings is 1. The monoisotopic (exact) mass is 277 g/mol. The van der Waals surface area contributed by atoms with Crippen molar-refractivity contribution >= 4 is 23.3 Å². The fourth-order valence-electron chi connectivity index (χ4n) is 1.53. The highest BCUT2D eigenvalue weighted by atomic mass is 32.1. The van der Waals surface area contributed by atoms with Gasteiger partial charge < -0.3 is 14.8 Å². The highest BCUT2D eigenvalue weighted by Gasteiger charge is 2.24. The van der Waals surface area contributed by atoms with Gasteiger partial charge in [0, 0.05) is 16.5 Å². The Kier molecular flexibility index (Phi) is 4.19. The van der Waals surface area contributed by atoms with Gasteiger partial charge in [-0.2, -0.15) is 0 Å². The number of thiophene rings is 1. The van der Waals surface area contributed by atoms with Gasteiger partial charge in [-0.25, -0.2) is 0 Å². The van der Waals surface area contributed by atoms with E-state index in [0.29, 0.717) is 0 Å². The lowest BCUT2D eigenvalue weighted by molar-refractivity contribution is -0.117. The molecule has 2 heterocycles. The molecule has 0 unspecified atom stereocenters. The molecule has 19 heavy (non-hydrogen) atoms. The number of amides is 1. The highest BCUT2D eigenvalue weighted by Crippen LogP contribution is 2.24. The van der Waals surface area contributed by atoms with Crippen molar-refractivity contribution in [2.24, 2.45) is 0 Å². The van der Waals surface area contributed by atoms with E-state index in [1.54, 1.807) is 31.6 Å². The Hall–Kier alpha value is -1.85. The minimum Gasteiger partial charge on any atom is -0.472 e. The van der Waals surface area contributed by atoms with Crippen LogP contribution in [0.3, 0.4) is 0 Å². The summed E-state index contributed by atoms with van der Waals surface area (Å²) in [6.45, 7) is 1.85. The van der Waals surface area contributed by atoms with Gasteiger partial charge in [0.05, 0.1) is 19.1 Å². The third kappa shape index (κ3) is 3.81. The minimum absolute atomic E-state index is 0.169. The third-order valence-electron chi connectivity index (χ3n) is 2.63. The second-order valence-corrected chi connectivity index (χ2v) is 5.31. The van der Waals surface area contributed by atoms with E-state index in [4.69, 9.17) is 4.42 Å². The molecule has 0 saturated heterocycles. The van der Waals surface area contributed by atoms with Gasteiger partial charge >= 0.3 is 0 Å². The Bertz CT molecular complexity index is 541. The fourth-order valence-corrected chi connectivity index (χ4v) is 2.32. The largest absolute Gasteiger partial charge is 0.472 e. The molecule has 1 amide bonds. The summed E-state index contributed by atoms with van der Waals surface area (Å²) < 4.78 is 4.89. The summed E-state index contributed by atoms with van der Waals surface area (Å²) in [7, 11) is 0. The Balaban J connectivity index is 1.87. The molecule has 0 saturated carbocycles. The second kappa shape index (κ2) is 5.86. The number of hydrogen-bond acceptors (Lipinski definition) is 4. The number of carbonyl (C=O) groups is 1. The zero-order chi connectivity index (χ0) is 13.7. The lowest BCUT2D eigenvalue weighted by Gasteiger charge is -2.21. The summed E-state index contributed by atoms with van der Waals surface area (Å²) in [4.78, 5) is 12.4. The van der Waals surface area contributed by atoms with Crippen LogP contribution in [-0.4, -0.2) is 17.6 Å². The van der Waals surface area contributed by atoms with Crippen LogP contribution in [-0.2, 0) is 10.4 Å². The van der Waals surface area contributed by atoms with Gasteiger partial charge in [0.1, 0.15) is 5.60 Å². The van der Waals surface area contributed by atoms with E-state index in [2.05, 4.69) is 5.32 Å². The first-order valence-electron chi connectivity index (χ1n) is 5.82. The van der Waals surface area contributed by atoms with Crippen LogP contribution >= 0.6 is 11.3 Å². The lowest BCUT2D eigenvalue weighted by Crippen LogP contribution is -2.37. The summed E-state index contributed by atoms with van der Waals surface area (Å²) in [5.41, 5.74) is -0.229. The first-order chi connectivity index (χ1) is 9.08. The number of nitrogens with one attached hydrogen (secondary N) is 1. The molecule has 2 aromatic rings. The van der Waals surface area contributed by atoms with Gasteiger partial charge in [0.25, 0.3) is 0 Å². The smallest absolute Gasteiger partial charge is 0.244 e. The maximum absolute atomic E-state index is 11.6. The maximum Gasteiger partial charge on any atom is 0.244 e. The van der Waals surface area contributed by atoms with Gasteiger partial charge in [-0.15, -0.1) is 11.3 Å². The van der Waals surface area contributed by atoms with Crippen molar-refractivity contribution in [3.8, 4) is 0 Å². The van der Waals surface area contributed by atoms with Crippen molar-refractivity contribution in [1.29, 1.82) is 0 Å². The molecule has 0 aliphatic rings. The van der Waals surface area contributed by atoms with Crippen LogP contribution in [0.5, 0.6) is 0 Å². The van der Waals surface area contributed by atoms with Crippen molar-refractivity contribution in [2.75, 3.05) is 6.54 Å². The standard InChI is InChI=1S/C14H15NO3S/c1-14(17,12-3-2-8-19-12)10-15-13(16)5-4-11-6-7-18-9-11/h2-9,17H,10H2,1H3,(H,15,16)/b5-4+/t14-/m1/s1. The van der Waals surface area contributed by atoms with Crippen molar-refractivity contribution < 1.29 is 14.3 Å². The quantitative estimate of drug-likeness (QED) is 0.825. The zero-order valence-corrected chi connectivity index (χ0v) is 11.3. The Morgan fingerprint density at radius 1 is 1.58 bits per heavy atom. The molecule has 4 nitrogen and oxygen atoms in total. The van der Waals surface area contributed by atoms with Crippen LogP contribution in [0.4, 0.5) is 0 Å². The van der Waals surface area contributed by atoms with Crippen molar-refractivity contribution in [3.63, 3.8) is 0 Å². The molecule has 0 spiro atoms. The Morgan fingerprint density at radius 2 is 2.42 bits per heavy atom. The van der Waals surface area contributed by atoms with Crippen molar-refractivity contribution in [2.45, 2.75) is 12.5 Å². The molecular formula is C14H15NO3S. The van der Waals surface area contributed by atoms with Crippen molar-refractivity contribution in [3.05, 3.63) is 52.6 Å². The van der Waals surface area contributed by atoms with Crippen LogP contribution in [0.1, 0.15) is 17.4 Å². The summed E-state index contributed by atoms with van der Waals surface area (Å²) in [6, 6.07) is 5.47. The summed E-state index contributed by atoms with van der Waals surface area (Å²) in [5.74, 6) is -0.252. The van der Waals surface area contributed by atoms with Crippen molar-refractivity contribution in [1.82, 2.24) is 5.32 Å². The average Bonchev–Trinajstić information content (AvgIpc) is 3.06. The van der Waals surface area contributed by atoms with E-state index in [1.165, 1.54) is 17.4 Å². The van der Waals surface area contributed by atoms with Crippen LogP contribution in [0.15, 0.2) is 46.6 Å². The molecule has 2 N–H and O–H groups in total. The summed E-state index contributed by atoms with van der Waals surface area (Å²) in [5, 5.41) is 14.8. The van der Waals surface area contributed by atoms with E-state index in [1.807, 2.05) is 17.5 Å². The van der Waals surface area contributed by atoms with Gasteiger partial charge in [0.2, 0.25) is 5.91 Å². The molecule has 0 aromatic carbocycles. The van der Waals surface area contributed by atoms with E-state index in [9.17, 15) is 9.90 Å². The Labute approximate surface area is 115 Å². The van der Waals surface area contributed by atoms with Crippen LogP contribution in [0.2, 0.25) is 0 Å². The van der Waals surface area contributed by atoms with Gasteiger partial charge in [0.15, 0.2) is 0 Å². The number of carbonyl (C=O) groups excluding carboxylic acids is 1. The first-order valence-corrected chi connectivity index (χ1v) is 6.70. The lowest BCUT2D eigenvalue weighted by atomic mass is 10.1. The molecule has 0 bridgehead atoms. The molecule has 0 fully saturated rings. The van der Waals surface area contributed by atoms with Crippen LogP contribution in [0.25, 0.3) is 6.08 Å². The topological polar surface area (TPSA) is 62.5 Å². The second-order valence-electron chi connectivity index (χ2n) is 4.36. The maximum atomic E-state index is 11.6. The SMILES string of the molecule is C[C@@](O)(CNC(=O)/C=C/c1ccoc1)c1cccs1. The number of rotatable bonds is 5. The first kappa shape index (κ1) is 13.6. The zero-order valence-electron chi connectivity index (χ0n) is 10.5. The molecule has 5 heteroatoms. The van der Waals surface area contributed by atoms with Gasteiger partial charge in [-0.1, -0.05) is 6.07 Å². The number of hydrogen-bond donors (Lipinski definition) is 2. The molecule has 1 atom stereocenters. The summed E-state index contributed by atoms with van der Waals surface area (Å²) in [6.07, 6.45) is 6.15. The minimum atomic E-state index is -1.05. The van der Waals surface area contributed by atoms with Gasteiger partial charge in [-0.05, 0) is 30.5 Å². The average molecular weight is 277 g/mol. The Morgan fingerprint density at radius 3 is 3.05 bits per heavy atom. The normalized spacial score (nSPS) is 14.4. The van der Waals surface area contributed by atoms with E-state index >= 15 is 0 Å². The van der Waals surface area contributed by atoms with Crippen LogP contribution in [0, 0.1) is 0 Å². The molecule has 100 valence electrons. The van der Waals surface area contributed by atoms with Gasteiger partial charge in [-0.3, -0.25) is 4.79 Å². The molecule has 2 rings (SSSR count). The van der Waals surface area contributed by atoms with E-state index < -0.39 is 5.60 Å². The van der Waals surface area contributed by atoms with E-state index in [-0.39, 0.29) is 12.5 Å². The molecule has 0 aliphatic heterocycles. The fraction of sp³-hybridized carbons (Fsp3) is 0.214. The number of aliphatic hydroxyl groups is 1.